The van der Waals surface area contributed by atoms with E-state index in [0.717, 1.165) is 26.2 Å². The number of rotatable bonds is 2. The molecule has 0 saturated carbocycles. The lowest BCUT2D eigenvalue weighted by Crippen LogP contribution is -2.48. The molecule has 1 aromatic heterocycles. The molecule has 1 N–H and O–H groups in total. The molecule has 0 radical (unpaired) electrons. The lowest BCUT2D eigenvalue weighted by molar-refractivity contribution is 0.201. The summed E-state index contributed by atoms with van der Waals surface area (Å²) in [7, 11) is 0. The highest BCUT2D eigenvalue weighted by molar-refractivity contribution is 7.11. The van der Waals surface area contributed by atoms with Gasteiger partial charge >= 0.3 is 0 Å². The van der Waals surface area contributed by atoms with Crippen LogP contribution in [0.5, 0.6) is 0 Å². The molecule has 0 unspecified atom stereocenters. The molecule has 5 heteroatoms. The van der Waals surface area contributed by atoms with Crippen LogP contribution in [-0.2, 0) is 12.0 Å². The van der Waals surface area contributed by atoms with Crippen molar-refractivity contribution in [1.82, 2.24) is 15.2 Å². The maximum Gasteiger partial charge on any atom is 0.0981 e. The molecule has 1 fully saturated rings. The smallest absolute Gasteiger partial charge is 0.0981 e. The highest BCUT2D eigenvalue weighted by atomic mass is 35.5. The quantitative estimate of drug-likeness (QED) is 0.907. The number of nitrogens with one attached hydrogen (secondary N) is 1. The van der Waals surface area contributed by atoms with E-state index in [-0.39, 0.29) is 17.8 Å². The highest BCUT2D eigenvalue weighted by Gasteiger charge is 2.20. The SMILES string of the molecule is C[C@@H]1CN(Cc2cnc(C(C)(C)C)s2)CCN1.Cl. The van der Waals surface area contributed by atoms with Gasteiger partial charge in [0.25, 0.3) is 0 Å². The predicted octanol–water partition coefficient (Wildman–Crippen LogP) is 2.66. The van der Waals surface area contributed by atoms with E-state index in [0.29, 0.717) is 6.04 Å². The Hall–Kier alpha value is -0.160. The molecule has 0 bridgehead atoms. The Kier molecular flexibility index (Phi) is 5.59. The third-order valence-electron chi connectivity index (χ3n) is 3.03. The first-order chi connectivity index (χ1) is 7.95. The topological polar surface area (TPSA) is 28.2 Å². The van der Waals surface area contributed by atoms with Crippen molar-refractivity contribution in [2.75, 3.05) is 19.6 Å². The van der Waals surface area contributed by atoms with Crippen molar-refractivity contribution in [1.29, 1.82) is 0 Å². The van der Waals surface area contributed by atoms with Crippen molar-refractivity contribution in [2.45, 2.75) is 45.7 Å². The van der Waals surface area contributed by atoms with Crippen LogP contribution in [-0.4, -0.2) is 35.6 Å². The van der Waals surface area contributed by atoms with Crippen LogP contribution in [0.2, 0.25) is 0 Å². The van der Waals surface area contributed by atoms with E-state index in [1.165, 1.54) is 9.88 Å². The van der Waals surface area contributed by atoms with E-state index >= 15 is 0 Å². The number of aromatic nitrogens is 1. The summed E-state index contributed by atoms with van der Waals surface area (Å²) < 4.78 is 0. The van der Waals surface area contributed by atoms with Crippen molar-refractivity contribution in [3.05, 3.63) is 16.1 Å². The van der Waals surface area contributed by atoms with E-state index in [1.54, 1.807) is 0 Å². The van der Waals surface area contributed by atoms with Gasteiger partial charge in [0, 0.05) is 48.7 Å². The standard InChI is InChI=1S/C13H23N3S.ClH/c1-10-8-16(6-5-14-10)9-11-7-15-12(17-11)13(2,3)4;/h7,10,14H,5-6,8-9H2,1-4H3;1H/t10-;/m1./s1. The number of piperazine rings is 1. The minimum absolute atomic E-state index is 0. The summed E-state index contributed by atoms with van der Waals surface area (Å²) in [6.45, 7) is 13.4. The molecule has 18 heavy (non-hydrogen) atoms. The van der Waals surface area contributed by atoms with Crippen LogP contribution in [0.3, 0.4) is 0 Å². The van der Waals surface area contributed by atoms with Crippen LogP contribution in [0.25, 0.3) is 0 Å². The van der Waals surface area contributed by atoms with Gasteiger partial charge in [-0.3, -0.25) is 4.90 Å². The normalized spacial score (nSPS) is 21.7. The first-order valence-electron chi connectivity index (χ1n) is 6.36. The number of hydrogen-bond acceptors (Lipinski definition) is 4. The van der Waals surface area contributed by atoms with Gasteiger partial charge < -0.3 is 5.32 Å². The lowest BCUT2D eigenvalue weighted by Gasteiger charge is -2.31. The van der Waals surface area contributed by atoms with Crippen LogP contribution in [0, 0.1) is 0 Å². The number of hydrogen-bond donors (Lipinski definition) is 1. The second kappa shape index (κ2) is 6.33. The van der Waals surface area contributed by atoms with Gasteiger partial charge in [-0.25, -0.2) is 4.98 Å². The van der Waals surface area contributed by atoms with Gasteiger partial charge in [0.1, 0.15) is 0 Å². The minimum atomic E-state index is 0. The maximum atomic E-state index is 4.55. The molecule has 1 atom stereocenters. The average Bonchev–Trinajstić information content (AvgIpc) is 2.65. The molecule has 0 spiro atoms. The summed E-state index contributed by atoms with van der Waals surface area (Å²) >= 11 is 1.86. The fourth-order valence-electron chi connectivity index (χ4n) is 2.10. The molecule has 0 aromatic carbocycles. The van der Waals surface area contributed by atoms with Crippen molar-refractivity contribution in [3.8, 4) is 0 Å². The van der Waals surface area contributed by atoms with E-state index in [1.807, 2.05) is 11.3 Å². The number of thiazole rings is 1. The van der Waals surface area contributed by atoms with Gasteiger partial charge in [0.2, 0.25) is 0 Å². The van der Waals surface area contributed by atoms with E-state index in [2.05, 4.69) is 49.1 Å². The van der Waals surface area contributed by atoms with Crippen LogP contribution in [0.1, 0.15) is 37.6 Å². The van der Waals surface area contributed by atoms with Crippen LogP contribution in [0.15, 0.2) is 6.20 Å². The molecule has 0 aliphatic carbocycles. The molecule has 1 aromatic rings. The minimum Gasteiger partial charge on any atom is -0.312 e. The third kappa shape index (κ3) is 4.19. The molecule has 104 valence electrons. The zero-order chi connectivity index (χ0) is 12.5. The molecular formula is C13H24ClN3S. The molecule has 1 saturated heterocycles. The van der Waals surface area contributed by atoms with Gasteiger partial charge in [-0.15, -0.1) is 23.7 Å². The van der Waals surface area contributed by atoms with Gasteiger partial charge in [-0.2, -0.15) is 0 Å². The Morgan fingerprint density at radius 1 is 1.50 bits per heavy atom. The van der Waals surface area contributed by atoms with E-state index in [4.69, 9.17) is 0 Å². The van der Waals surface area contributed by atoms with Crippen LogP contribution >= 0.6 is 23.7 Å². The molecule has 3 nitrogen and oxygen atoms in total. The zero-order valence-electron chi connectivity index (χ0n) is 11.7. The predicted molar refractivity (Wildman–Crippen MR) is 80.8 cm³/mol. The Morgan fingerprint density at radius 2 is 2.22 bits per heavy atom. The Bertz CT molecular complexity index is 373. The summed E-state index contributed by atoms with van der Waals surface area (Å²) in [4.78, 5) is 8.46. The fourth-order valence-corrected chi connectivity index (χ4v) is 3.12. The van der Waals surface area contributed by atoms with Gasteiger partial charge in [-0.05, 0) is 6.92 Å². The summed E-state index contributed by atoms with van der Waals surface area (Å²) in [6, 6.07) is 0.610. The number of halogens is 1. The summed E-state index contributed by atoms with van der Waals surface area (Å²) in [6.07, 6.45) is 2.05. The summed E-state index contributed by atoms with van der Waals surface area (Å²) in [5, 5.41) is 4.72. The first-order valence-corrected chi connectivity index (χ1v) is 7.18. The summed E-state index contributed by atoms with van der Waals surface area (Å²) in [5.41, 5.74) is 0.180. The first kappa shape index (κ1) is 15.9. The van der Waals surface area contributed by atoms with Crippen molar-refractivity contribution >= 4 is 23.7 Å². The van der Waals surface area contributed by atoms with Gasteiger partial charge in [-0.1, -0.05) is 20.8 Å². The van der Waals surface area contributed by atoms with E-state index < -0.39 is 0 Å². The van der Waals surface area contributed by atoms with Gasteiger partial charge in [0.15, 0.2) is 0 Å². The second-order valence-corrected chi connectivity index (χ2v) is 7.09. The Morgan fingerprint density at radius 3 is 2.78 bits per heavy atom. The zero-order valence-corrected chi connectivity index (χ0v) is 13.3. The summed E-state index contributed by atoms with van der Waals surface area (Å²) in [5.74, 6) is 0. The monoisotopic (exact) mass is 289 g/mol. The highest BCUT2D eigenvalue weighted by Crippen LogP contribution is 2.27. The molecule has 1 aliphatic rings. The average molecular weight is 290 g/mol. The van der Waals surface area contributed by atoms with Crippen molar-refractivity contribution in [2.24, 2.45) is 0 Å². The Balaban J connectivity index is 0.00000162. The third-order valence-corrected chi connectivity index (χ3v) is 4.44. The van der Waals surface area contributed by atoms with Gasteiger partial charge in [0.05, 0.1) is 5.01 Å². The molecule has 0 amide bonds. The molecule has 2 heterocycles. The number of nitrogens with zero attached hydrogens (tertiary/aromatic N) is 2. The van der Waals surface area contributed by atoms with Crippen molar-refractivity contribution < 1.29 is 0 Å². The Labute approximate surface area is 120 Å². The second-order valence-electron chi connectivity index (χ2n) is 5.97. The lowest BCUT2D eigenvalue weighted by atomic mass is 9.98. The van der Waals surface area contributed by atoms with Crippen molar-refractivity contribution in [3.63, 3.8) is 0 Å². The fraction of sp³-hybridized carbons (Fsp3) is 0.769. The van der Waals surface area contributed by atoms with Crippen LogP contribution in [0.4, 0.5) is 0 Å². The molecule has 2 rings (SSSR count). The maximum absolute atomic E-state index is 4.55. The molecular weight excluding hydrogens is 266 g/mol. The van der Waals surface area contributed by atoms with Crippen LogP contribution < -0.4 is 5.32 Å². The molecule has 1 aliphatic heterocycles. The van der Waals surface area contributed by atoms with E-state index in [9.17, 15) is 0 Å². The largest absolute Gasteiger partial charge is 0.312 e.